The first-order valence-electron chi connectivity index (χ1n) is 6.95. The van der Waals surface area contributed by atoms with Crippen molar-refractivity contribution >= 4 is 23.0 Å². The number of pyridine rings is 2. The van der Waals surface area contributed by atoms with Crippen molar-refractivity contribution in [3.05, 3.63) is 66.0 Å². The number of nitrogens with zero attached hydrogens (tertiary/aromatic N) is 3. The van der Waals surface area contributed by atoms with E-state index in [1.165, 1.54) is 6.21 Å². The molecule has 6 nitrogen and oxygen atoms in total. The molecule has 0 aliphatic rings. The predicted octanol–water partition coefficient (Wildman–Crippen LogP) is 2.40. The molecule has 1 aromatic carbocycles. The van der Waals surface area contributed by atoms with Gasteiger partial charge in [0.25, 0.3) is 5.91 Å². The second-order valence-corrected chi connectivity index (χ2v) is 4.71. The highest BCUT2D eigenvalue weighted by Crippen LogP contribution is 2.20. The molecule has 0 unspecified atom stereocenters. The van der Waals surface area contributed by atoms with Crippen molar-refractivity contribution in [2.24, 2.45) is 5.10 Å². The molecule has 3 rings (SSSR count). The Morgan fingerprint density at radius 2 is 2.00 bits per heavy atom. The first-order valence-corrected chi connectivity index (χ1v) is 6.95. The number of nitrogens with one attached hydrogen (secondary N) is 1. The van der Waals surface area contributed by atoms with Gasteiger partial charge in [-0.1, -0.05) is 18.2 Å². The van der Waals surface area contributed by atoms with Crippen molar-refractivity contribution in [2.45, 2.75) is 0 Å². The summed E-state index contributed by atoms with van der Waals surface area (Å²) in [4.78, 5) is 20.2. The number of amides is 1. The zero-order valence-corrected chi connectivity index (χ0v) is 12.4. The van der Waals surface area contributed by atoms with Crippen LogP contribution in [0.3, 0.4) is 0 Å². The van der Waals surface area contributed by atoms with E-state index in [0.29, 0.717) is 17.0 Å². The highest BCUT2D eigenvalue weighted by atomic mass is 16.5. The van der Waals surface area contributed by atoms with Gasteiger partial charge < -0.3 is 4.74 Å². The van der Waals surface area contributed by atoms with E-state index in [1.807, 2.05) is 30.3 Å². The summed E-state index contributed by atoms with van der Waals surface area (Å²) in [6.45, 7) is 0. The normalized spacial score (nSPS) is 10.8. The number of rotatable bonds is 4. The van der Waals surface area contributed by atoms with Crippen LogP contribution in [0.2, 0.25) is 0 Å². The van der Waals surface area contributed by atoms with Crippen molar-refractivity contribution in [1.29, 1.82) is 0 Å². The first kappa shape index (κ1) is 14.6. The predicted molar refractivity (Wildman–Crippen MR) is 87.6 cm³/mol. The molecule has 0 saturated carbocycles. The molecule has 0 radical (unpaired) electrons. The third-order valence-corrected chi connectivity index (χ3v) is 3.22. The van der Waals surface area contributed by atoms with Gasteiger partial charge >= 0.3 is 0 Å². The molecule has 1 N–H and O–H groups in total. The summed E-state index contributed by atoms with van der Waals surface area (Å²) in [6, 6.07) is 12.8. The summed E-state index contributed by atoms with van der Waals surface area (Å²) >= 11 is 0. The third kappa shape index (κ3) is 3.32. The van der Waals surface area contributed by atoms with Crippen molar-refractivity contribution in [3.8, 4) is 5.88 Å². The number of hydrazone groups is 1. The fraction of sp³-hybridized carbons (Fsp3) is 0.0588. The molecule has 0 aliphatic carbocycles. The lowest BCUT2D eigenvalue weighted by atomic mass is 10.1. The SMILES string of the molecule is COc1nc2ccccc2cc1/C=N/NC(=O)c1ccncc1. The van der Waals surface area contributed by atoms with Gasteiger partial charge in [-0.15, -0.1) is 0 Å². The van der Waals surface area contributed by atoms with Crippen LogP contribution in [0.4, 0.5) is 0 Å². The highest BCUT2D eigenvalue weighted by molar-refractivity contribution is 5.95. The summed E-state index contributed by atoms with van der Waals surface area (Å²) in [5.74, 6) is 0.141. The maximum absolute atomic E-state index is 11.9. The molecule has 6 heteroatoms. The lowest BCUT2D eigenvalue weighted by Gasteiger charge is -2.05. The molecule has 0 saturated heterocycles. The van der Waals surface area contributed by atoms with E-state index >= 15 is 0 Å². The van der Waals surface area contributed by atoms with Crippen LogP contribution in [0.1, 0.15) is 15.9 Å². The van der Waals surface area contributed by atoms with E-state index < -0.39 is 0 Å². The highest BCUT2D eigenvalue weighted by Gasteiger charge is 2.06. The average molecular weight is 306 g/mol. The Morgan fingerprint density at radius 1 is 1.22 bits per heavy atom. The van der Waals surface area contributed by atoms with Crippen LogP contribution in [0.5, 0.6) is 5.88 Å². The zero-order valence-electron chi connectivity index (χ0n) is 12.4. The average Bonchev–Trinajstić information content (AvgIpc) is 2.61. The minimum absolute atomic E-state index is 0.309. The minimum atomic E-state index is -0.309. The summed E-state index contributed by atoms with van der Waals surface area (Å²) in [6.07, 6.45) is 4.61. The molecule has 23 heavy (non-hydrogen) atoms. The Hall–Kier alpha value is -3.28. The maximum Gasteiger partial charge on any atom is 0.271 e. The number of aromatic nitrogens is 2. The molecule has 0 fully saturated rings. The van der Waals surface area contributed by atoms with Crippen LogP contribution >= 0.6 is 0 Å². The number of carbonyl (C=O) groups excluding carboxylic acids is 1. The number of ether oxygens (including phenoxy) is 1. The molecule has 0 bridgehead atoms. The Kier molecular flexibility index (Phi) is 4.24. The van der Waals surface area contributed by atoms with Gasteiger partial charge in [0, 0.05) is 23.3 Å². The Morgan fingerprint density at radius 3 is 2.78 bits per heavy atom. The van der Waals surface area contributed by atoms with E-state index in [9.17, 15) is 4.79 Å². The second kappa shape index (κ2) is 6.65. The Labute approximate surface area is 132 Å². The van der Waals surface area contributed by atoms with E-state index in [1.54, 1.807) is 31.6 Å². The number of carbonyl (C=O) groups is 1. The maximum atomic E-state index is 11.9. The molecule has 114 valence electrons. The van der Waals surface area contributed by atoms with Crippen LogP contribution in [0, 0.1) is 0 Å². The molecule has 2 aromatic heterocycles. The van der Waals surface area contributed by atoms with Gasteiger partial charge in [-0.05, 0) is 24.3 Å². The van der Waals surface area contributed by atoms with Gasteiger partial charge in [-0.25, -0.2) is 10.4 Å². The summed E-state index contributed by atoms with van der Waals surface area (Å²) in [5, 5.41) is 4.94. The van der Waals surface area contributed by atoms with Crippen LogP contribution in [0.15, 0.2) is 60.0 Å². The van der Waals surface area contributed by atoms with Crippen LogP contribution in [0.25, 0.3) is 10.9 Å². The number of hydrogen-bond acceptors (Lipinski definition) is 5. The lowest BCUT2D eigenvalue weighted by Crippen LogP contribution is -2.17. The van der Waals surface area contributed by atoms with Gasteiger partial charge in [-0.3, -0.25) is 9.78 Å². The topological polar surface area (TPSA) is 76.5 Å². The van der Waals surface area contributed by atoms with Crippen LogP contribution in [-0.4, -0.2) is 29.2 Å². The molecular formula is C17H14N4O2. The van der Waals surface area contributed by atoms with Crippen molar-refractivity contribution < 1.29 is 9.53 Å². The van der Waals surface area contributed by atoms with Crippen molar-refractivity contribution in [1.82, 2.24) is 15.4 Å². The third-order valence-electron chi connectivity index (χ3n) is 3.22. The summed E-state index contributed by atoms with van der Waals surface area (Å²) < 4.78 is 5.27. The number of hydrogen-bond donors (Lipinski definition) is 1. The number of benzene rings is 1. The van der Waals surface area contributed by atoms with Gasteiger partial charge in [0.1, 0.15) is 0 Å². The minimum Gasteiger partial charge on any atom is -0.481 e. The van der Waals surface area contributed by atoms with Crippen LogP contribution < -0.4 is 10.2 Å². The zero-order chi connectivity index (χ0) is 16.1. The van der Waals surface area contributed by atoms with Crippen molar-refractivity contribution in [3.63, 3.8) is 0 Å². The largest absolute Gasteiger partial charge is 0.481 e. The quantitative estimate of drug-likeness (QED) is 0.593. The molecule has 0 spiro atoms. The summed E-state index contributed by atoms with van der Waals surface area (Å²) in [7, 11) is 1.55. The van der Waals surface area contributed by atoms with Crippen LogP contribution in [-0.2, 0) is 0 Å². The monoisotopic (exact) mass is 306 g/mol. The molecule has 3 aromatic rings. The van der Waals surface area contributed by atoms with Gasteiger partial charge in [0.2, 0.25) is 5.88 Å². The molecule has 2 heterocycles. The fourth-order valence-corrected chi connectivity index (χ4v) is 2.10. The van der Waals surface area contributed by atoms with E-state index in [2.05, 4.69) is 20.5 Å². The first-order chi connectivity index (χ1) is 11.3. The second-order valence-electron chi connectivity index (χ2n) is 4.71. The molecule has 1 amide bonds. The Bertz CT molecular complexity index is 863. The van der Waals surface area contributed by atoms with E-state index in [4.69, 9.17) is 4.74 Å². The molecular weight excluding hydrogens is 292 g/mol. The molecule has 0 aliphatic heterocycles. The van der Waals surface area contributed by atoms with Gasteiger partial charge in [0.15, 0.2) is 0 Å². The van der Waals surface area contributed by atoms with Gasteiger partial charge in [0.05, 0.1) is 24.4 Å². The van der Waals surface area contributed by atoms with Gasteiger partial charge in [-0.2, -0.15) is 5.10 Å². The van der Waals surface area contributed by atoms with Crippen molar-refractivity contribution in [2.75, 3.05) is 7.11 Å². The summed E-state index contributed by atoms with van der Waals surface area (Å²) in [5.41, 5.74) is 4.47. The fourth-order valence-electron chi connectivity index (χ4n) is 2.10. The Balaban J connectivity index is 1.81. The number of fused-ring (bicyclic) bond motifs is 1. The van der Waals surface area contributed by atoms with E-state index in [0.717, 1.165) is 10.9 Å². The standard InChI is InChI=1S/C17H14N4O2/c1-23-17-14(10-13-4-2-3-5-15(13)20-17)11-19-21-16(22)12-6-8-18-9-7-12/h2-11H,1H3,(H,21,22)/b19-11+. The number of para-hydroxylation sites is 1. The molecule has 0 atom stereocenters. The van der Waals surface area contributed by atoms with E-state index in [-0.39, 0.29) is 5.91 Å². The lowest BCUT2D eigenvalue weighted by molar-refractivity contribution is 0.0955. The smallest absolute Gasteiger partial charge is 0.271 e. The number of methoxy groups -OCH3 is 1.